The minimum Gasteiger partial charge on any atom is -0.488 e. The lowest BCUT2D eigenvalue weighted by Crippen LogP contribution is -2.18. The molecule has 1 saturated carbocycles. The van der Waals surface area contributed by atoms with Gasteiger partial charge in [-0.05, 0) is 74.9 Å². The number of hydrogen-bond acceptors (Lipinski definition) is 9. The fourth-order valence-electron chi connectivity index (χ4n) is 5.76. The van der Waals surface area contributed by atoms with Crippen molar-refractivity contribution in [2.24, 2.45) is 11.8 Å². The van der Waals surface area contributed by atoms with Crippen LogP contribution in [-0.4, -0.2) is 67.1 Å². The highest BCUT2D eigenvalue weighted by Crippen LogP contribution is 2.35. The number of ether oxygens (including phenoxy) is 1. The Kier molecular flexibility index (Phi) is 18.5. The van der Waals surface area contributed by atoms with E-state index in [4.69, 9.17) is 20.1 Å². The summed E-state index contributed by atoms with van der Waals surface area (Å²) in [5.41, 5.74) is 1.12. The van der Waals surface area contributed by atoms with Gasteiger partial charge in [0, 0.05) is 42.9 Å². The van der Waals surface area contributed by atoms with Gasteiger partial charge in [-0.2, -0.15) is 13.2 Å². The number of Topliss-reactive ketones (excluding diaryl/α,β-unsaturated/α-hetero) is 1. The molecule has 0 bridgehead atoms. The number of halogens is 3. The average molecular weight is 788 g/mol. The predicted octanol–water partition coefficient (Wildman–Crippen LogP) is 8.04. The summed E-state index contributed by atoms with van der Waals surface area (Å²) in [5, 5.41) is 46.6. The number of ketones is 1. The van der Waals surface area contributed by atoms with Gasteiger partial charge in [-0.25, -0.2) is 9.78 Å². The molecule has 4 atom stereocenters. The Morgan fingerprint density at radius 2 is 1.80 bits per heavy atom. The quantitative estimate of drug-likeness (QED) is 0.0455. The maximum Gasteiger partial charge on any atom is 0.416 e. The molecule has 1 fully saturated rings. The summed E-state index contributed by atoms with van der Waals surface area (Å²) in [6.07, 6.45) is 9.01. The van der Waals surface area contributed by atoms with Crippen LogP contribution in [0.1, 0.15) is 79.5 Å². The van der Waals surface area contributed by atoms with Crippen LogP contribution in [0.15, 0.2) is 78.9 Å². The van der Waals surface area contributed by atoms with E-state index in [2.05, 4.69) is 4.98 Å². The number of nitrogens with zero attached hydrogens (tertiary/aromatic N) is 1. The molecule has 1 aliphatic rings. The number of aryl methyl sites for hydroxylation is 1. The number of alkyl halides is 3. The van der Waals surface area contributed by atoms with Crippen molar-refractivity contribution >= 4 is 35.1 Å². The lowest BCUT2D eigenvalue weighted by Gasteiger charge is -2.16. The number of aliphatic hydroxyl groups is 3. The van der Waals surface area contributed by atoms with Crippen molar-refractivity contribution < 1.29 is 57.8 Å². The molecule has 0 spiro atoms. The Balaban J connectivity index is 0.000000298. The van der Waals surface area contributed by atoms with Crippen LogP contribution >= 0.6 is 11.3 Å². The first-order valence-electron chi connectivity index (χ1n) is 18.0. The Labute approximate surface area is 322 Å². The van der Waals surface area contributed by atoms with E-state index < -0.39 is 35.9 Å². The molecule has 5 N–H and O–H groups in total. The molecule has 1 heterocycles. The maximum atomic E-state index is 12.9. The molecule has 298 valence electrons. The van der Waals surface area contributed by atoms with Crippen LogP contribution < -0.4 is 4.74 Å². The highest BCUT2D eigenvalue weighted by atomic mass is 32.1. The van der Waals surface area contributed by atoms with Gasteiger partial charge in [-0.1, -0.05) is 61.4 Å². The van der Waals surface area contributed by atoms with Crippen molar-refractivity contribution in [3.8, 4) is 16.3 Å². The first-order chi connectivity index (χ1) is 26.2. The van der Waals surface area contributed by atoms with Crippen molar-refractivity contribution in [3.63, 3.8) is 0 Å². The summed E-state index contributed by atoms with van der Waals surface area (Å²) in [4.78, 5) is 38.3. The molecular weight excluding hydrogens is 740 g/mol. The van der Waals surface area contributed by atoms with E-state index in [1.165, 1.54) is 23.5 Å². The summed E-state index contributed by atoms with van der Waals surface area (Å²) in [6, 6.07) is 12.0. The van der Waals surface area contributed by atoms with Gasteiger partial charge in [0.25, 0.3) is 0 Å². The van der Waals surface area contributed by atoms with Crippen LogP contribution in [0.5, 0.6) is 5.75 Å². The number of carbonyl (C=O) groups excluding carboxylic acids is 1. The Morgan fingerprint density at radius 1 is 1.05 bits per heavy atom. The Hall–Kier alpha value is -4.63. The Morgan fingerprint density at radius 3 is 2.47 bits per heavy atom. The number of rotatable bonds is 19. The lowest BCUT2D eigenvalue weighted by atomic mass is 9.90. The molecule has 0 aliphatic heterocycles. The van der Waals surface area contributed by atoms with Gasteiger partial charge in [0.15, 0.2) is 0 Å². The average Bonchev–Trinajstić information content (AvgIpc) is 3.65. The number of aliphatic hydroxyl groups excluding tert-OH is 3. The second kappa shape index (κ2) is 22.7. The minimum atomic E-state index is -4.40. The first kappa shape index (κ1) is 44.8. The number of allylic oxidation sites excluding steroid dienone is 2. The van der Waals surface area contributed by atoms with Gasteiger partial charge in [0.1, 0.15) is 23.1 Å². The molecular formula is C41H48F3NO9S. The van der Waals surface area contributed by atoms with E-state index in [1.807, 2.05) is 12.2 Å². The third kappa shape index (κ3) is 15.9. The second-order valence-corrected chi connectivity index (χ2v) is 14.2. The number of aliphatic carboxylic acids is 2. The second-order valence-electron chi connectivity index (χ2n) is 13.1. The predicted molar refractivity (Wildman–Crippen MR) is 203 cm³/mol. The van der Waals surface area contributed by atoms with E-state index in [0.717, 1.165) is 47.9 Å². The molecule has 4 rings (SSSR count). The highest BCUT2D eigenvalue weighted by Gasteiger charge is 2.39. The van der Waals surface area contributed by atoms with Gasteiger partial charge in [0.2, 0.25) is 0 Å². The van der Waals surface area contributed by atoms with Gasteiger partial charge >= 0.3 is 18.1 Å². The molecule has 1 aliphatic carbocycles. The maximum absolute atomic E-state index is 12.9. The number of thiazole rings is 1. The smallest absolute Gasteiger partial charge is 0.416 e. The van der Waals surface area contributed by atoms with Crippen molar-refractivity contribution in [3.05, 3.63) is 101 Å². The van der Waals surface area contributed by atoms with E-state index >= 15 is 0 Å². The number of carboxylic acids is 2. The van der Waals surface area contributed by atoms with Crippen LogP contribution in [0.3, 0.4) is 0 Å². The third-order valence-corrected chi connectivity index (χ3v) is 9.94. The fourth-order valence-corrected chi connectivity index (χ4v) is 6.73. The van der Waals surface area contributed by atoms with E-state index in [-0.39, 0.29) is 43.7 Å². The zero-order valence-electron chi connectivity index (χ0n) is 30.5. The molecule has 0 radical (unpaired) electrons. The number of unbranched alkanes of at least 4 members (excludes halogenated alkanes) is 3. The van der Waals surface area contributed by atoms with E-state index in [9.17, 15) is 37.8 Å². The molecule has 0 saturated heterocycles. The summed E-state index contributed by atoms with van der Waals surface area (Å²) < 4.78 is 44.5. The summed E-state index contributed by atoms with van der Waals surface area (Å²) in [7, 11) is 0. The molecule has 55 heavy (non-hydrogen) atoms. The van der Waals surface area contributed by atoms with Gasteiger partial charge in [-0.15, -0.1) is 11.3 Å². The molecule has 14 heteroatoms. The number of carboxylic acid groups (broad SMARTS) is 2. The van der Waals surface area contributed by atoms with Crippen molar-refractivity contribution in [1.29, 1.82) is 0 Å². The van der Waals surface area contributed by atoms with Crippen molar-refractivity contribution in [1.82, 2.24) is 4.98 Å². The monoisotopic (exact) mass is 787 g/mol. The van der Waals surface area contributed by atoms with Crippen LogP contribution in [0, 0.1) is 18.8 Å². The van der Waals surface area contributed by atoms with Crippen LogP contribution in [-0.2, 0) is 27.2 Å². The molecule has 10 nitrogen and oxygen atoms in total. The van der Waals surface area contributed by atoms with Gasteiger partial charge in [0.05, 0.1) is 28.3 Å². The molecule has 3 aromatic rings. The largest absolute Gasteiger partial charge is 0.488 e. The minimum absolute atomic E-state index is 0.0276. The summed E-state index contributed by atoms with van der Waals surface area (Å²) >= 11 is 1.29. The molecule has 2 aromatic carbocycles. The first-order valence-corrected chi connectivity index (χ1v) is 18.8. The van der Waals surface area contributed by atoms with Crippen molar-refractivity contribution in [2.45, 2.75) is 89.7 Å². The summed E-state index contributed by atoms with van der Waals surface area (Å²) in [6.45, 7) is 2.17. The molecule has 1 aromatic heterocycles. The zero-order valence-corrected chi connectivity index (χ0v) is 31.3. The number of hydrogen-bond donors (Lipinski definition) is 5. The normalized spacial score (nSPS) is 17.9. The number of benzene rings is 2. The SMILES string of the molecule is Cc1nc(-c2cccc(C(F)(F)F)c2)sc1COc1ccc(/C=C/C(=O)O)cc1.O=C(O)CCC/C=C\C[C@H]1C(=O)C[C@@H](O)[C@@H]1/C=C/[C@@H](O)CCCCCO. The summed E-state index contributed by atoms with van der Waals surface area (Å²) in [5.74, 6) is -1.81. The van der Waals surface area contributed by atoms with Crippen LogP contribution in [0.2, 0.25) is 0 Å². The van der Waals surface area contributed by atoms with Crippen molar-refractivity contribution in [2.75, 3.05) is 6.61 Å². The lowest BCUT2D eigenvalue weighted by molar-refractivity contribution is -0.138. The molecule has 0 unspecified atom stereocenters. The number of carbonyl (C=O) groups is 3. The fraction of sp³-hybridized carbons (Fsp3) is 0.415. The topological polar surface area (TPSA) is 174 Å². The standard InChI is InChI=1S/C21H16F3NO3S.C20H32O6/c1-13-18(12-28-17-8-5-14(6-9-17)7-10-19(26)27)29-20(25-13)15-3-2-4-16(11-15)21(22,23)24;21-13-7-3-4-8-15(22)11-12-17-16(18(23)14-19(17)24)9-5-1-2-6-10-20(25)26/h2-11H,12H2,1H3,(H,26,27);1,5,11-12,15-17,19,21-22,24H,2-4,6-10,13-14H2,(H,25,26)/b10-7+;5-1-,12-11+/t;15-,16+,17+,19+/m.0/s1. The zero-order chi connectivity index (χ0) is 40.4. The number of aromatic nitrogens is 1. The van der Waals surface area contributed by atoms with Crippen LogP contribution in [0.25, 0.3) is 16.6 Å². The third-order valence-electron chi connectivity index (χ3n) is 8.76. The highest BCUT2D eigenvalue weighted by molar-refractivity contribution is 7.15. The molecule has 0 amide bonds. The van der Waals surface area contributed by atoms with Gasteiger partial charge in [-0.3, -0.25) is 9.59 Å². The van der Waals surface area contributed by atoms with Gasteiger partial charge < -0.3 is 30.3 Å². The Bertz CT molecular complexity index is 1770. The van der Waals surface area contributed by atoms with E-state index in [0.29, 0.717) is 47.7 Å². The van der Waals surface area contributed by atoms with E-state index in [1.54, 1.807) is 49.4 Å². The van der Waals surface area contributed by atoms with Crippen LogP contribution in [0.4, 0.5) is 13.2 Å².